The van der Waals surface area contributed by atoms with Crippen molar-refractivity contribution in [1.82, 2.24) is 9.88 Å². The number of rotatable bonds is 1. The van der Waals surface area contributed by atoms with Gasteiger partial charge < -0.3 is 15.6 Å². The van der Waals surface area contributed by atoms with Gasteiger partial charge in [0.2, 0.25) is 0 Å². The highest BCUT2D eigenvalue weighted by molar-refractivity contribution is 5.93. The minimum absolute atomic E-state index is 0.0626. The van der Waals surface area contributed by atoms with Crippen molar-refractivity contribution in [3.8, 4) is 0 Å². The van der Waals surface area contributed by atoms with Crippen molar-refractivity contribution >= 4 is 11.6 Å². The first-order valence-corrected chi connectivity index (χ1v) is 6.24. The topological polar surface area (TPSA) is 62.1 Å². The van der Waals surface area contributed by atoms with Crippen molar-refractivity contribution in [1.29, 1.82) is 0 Å². The molecule has 2 rings (SSSR count). The van der Waals surface area contributed by atoms with E-state index in [1.165, 1.54) is 6.42 Å². The van der Waals surface area contributed by atoms with E-state index in [2.05, 4.69) is 25.8 Å². The van der Waals surface area contributed by atoms with E-state index >= 15 is 0 Å². The van der Waals surface area contributed by atoms with Crippen LogP contribution in [0.3, 0.4) is 0 Å². The predicted octanol–water partition coefficient (Wildman–Crippen LogP) is 2.10. The highest BCUT2D eigenvalue weighted by Gasteiger charge is 2.32. The summed E-state index contributed by atoms with van der Waals surface area (Å²) >= 11 is 0. The molecular weight excluding hydrogens is 214 g/mol. The molecule has 0 bridgehead atoms. The summed E-state index contributed by atoms with van der Waals surface area (Å²) in [5.74, 6) is 1.18. The fourth-order valence-corrected chi connectivity index (χ4v) is 2.67. The van der Waals surface area contributed by atoms with Gasteiger partial charge in [0.05, 0.1) is 0 Å². The molecule has 1 fully saturated rings. The van der Waals surface area contributed by atoms with Gasteiger partial charge in [0.15, 0.2) is 0 Å². The summed E-state index contributed by atoms with van der Waals surface area (Å²) in [5.41, 5.74) is 6.84. The van der Waals surface area contributed by atoms with Gasteiger partial charge >= 0.3 is 0 Å². The highest BCUT2D eigenvalue weighted by atomic mass is 16.2. The molecule has 4 heteroatoms. The van der Waals surface area contributed by atoms with Crippen LogP contribution in [0, 0.1) is 11.8 Å². The third kappa shape index (κ3) is 2.30. The van der Waals surface area contributed by atoms with Crippen LogP contribution >= 0.6 is 0 Å². The Kier molecular flexibility index (Phi) is 3.13. The molecule has 0 saturated carbocycles. The molecule has 3 unspecified atom stereocenters. The van der Waals surface area contributed by atoms with Crippen LogP contribution < -0.4 is 5.73 Å². The Morgan fingerprint density at radius 2 is 2.18 bits per heavy atom. The Hall–Kier alpha value is -1.45. The summed E-state index contributed by atoms with van der Waals surface area (Å²) in [6, 6.07) is 2.00. The summed E-state index contributed by atoms with van der Waals surface area (Å²) in [7, 11) is 0. The molecule has 2 heterocycles. The minimum atomic E-state index is 0.0626. The van der Waals surface area contributed by atoms with E-state index in [0.717, 1.165) is 6.54 Å². The minimum Gasteiger partial charge on any atom is -0.397 e. The number of aromatic amines is 1. The molecule has 1 aliphatic heterocycles. The summed E-state index contributed by atoms with van der Waals surface area (Å²) in [4.78, 5) is 17.3. The molecule has 0 aliphatic carbocycles. The quantitative estimate of drug-likeness (QED) is 0.783. The van der Waals surface area contributed by atoms with Gasteiger partial charge in [-0.15, -0.1) is 0 Å². The first-order valence-electron chi connectivity index (χ1n) is 6.24. The maximum Gasteiger partial charge on any atom is 0.270 e. The third-order valence-corrected chi connectivity index (χ3v) is 3.79. The van der Waals surface area contributed by atoms with Crippen molar-refractivity contribution in [3.63, 3.8) is 0 Å². The Labute approximate surface area is 102 Å². The lowest BCUT2D eigenvalue weighted by atomic mass is 9.86. The highest BCUT2D eigenvalue weighted by Crippen LogP contribution is 2.28. The molecule has 3 atom stereocenters. The standard InChI is InChI=1S/C13H21N3O/c1-8-4-9(2)10(3)16(7-8)13(17)12-5-11(14)6-15-12/h5-6,8-10,15H,4,7,14H2,1-3H3. The number of amides is 1. The van der Waals surface area contributed by atoms with Gasteiger partial charge in [-0.25, -0.2) is 0 Å². The fraction of sp³-hybridized carbons (Fsp3) is 0.615. The molecule has 4 nitrogen and oxygen atoms in total. The van der Waals surface area contributed by atoms with Gasteiger partial charge in [0.1, 0.15) is 5.69 Å². The number of nitrogen functional groups attached to an aromatic ring is 1. The van der Waals surface area contributed by atoms with Crippen LogP contribution in [-0.4, -0.2) is 28.4 Å². The first-order chi connectivity index (χ1) is 7.99. The number of carbonyl (C=O) groups is 1. The van der Waals surface area contributed by atoms with Gasteiger partial charge in [0.25, 0.3) is 5.91 Å². The van der Waals surface area contributed by atoms with Crippen LogP contribution in [0.25, 0.3) is 0 Å². The molecule has 1 aromatic heterocycles. The molecule has 94 valence electrons. The zero-order valence-corrected chi connectivity index (χ0v) is 10.7. The molecule has 0 aromatic carbocycles. The second kappa shape index (κ2) is 4.43. The Morgan fingerprint density at radius 3 is 2.76 bits per heavy atom. The number of likely N-dealkylation sites (tertiary alicyclic amines) is 1. The zero-order valence-electron chi connectivity index (χ0n) is 10.7. The number of nitrogens with zero attached hydrogens (tertiary/aromatic N) is 1. The number of hydrogen-bond acceptors (Lipinski definition) is 2. The maximum atomic E-state index is 12.4. The van der Waals surface area contributed by atoms with E-state index in [-0.39, 0.29) is 5.91 Å². The van der Waals surface area contributed by atoms with Gasteiger partial charge in [-0.05, 0) is 31.2 Å². The summed E-state index contributed by atoms with van der Waals surface area (Å²) in [5, 5.41) is 0. The van der Waals surface area contributed by atoms with Crippen LogP contribution in [0.1, 0.15) is 37.7 Å². The number of hydrogen-bond donors (Lipinski definition) is 2. The largest absolute Gasteiger partial charge is 0.397 e. The molecule has 1 aromatic rings. The van der Waals surface area contributed by atoms with E-state index in [4.69, 9.17) is 5.73 Å². The summed E-state index contributed by atoms with van der Waals surface area (Å²) < 4.78 is 0. The van der Waals surface area contributed by atoms with Crippen LogP contribution in [0.4, 0.5) is 5.69 Å². The van der Waals surface area contributed by atoms with Crippen molar-refractivity contribution in [2.45, 2.75) is 33.2 Å². The monoisotopic (exact) mass is 235 g/mol. The number of nitrogens with two attached hydrogens (primary N) is 1. The lowest BCUT2D eigenvalue weighted by Crippen LogP contribution is -2.48. The van der Waals surface area contributed by atoms with E-state index in [1.54, 1.807) is 12.3 Å². The number of piperidine rings is 1. The predicted molar refractivity (Wildman–Crippen MR) is 68.6 cm³/mol. The normalized spacial score (nSPS) is 29.4. The lowest BCUT2D eigenvalue weighted by molar-refractivity contribution is 0.0450. The van der Waals surface area contributed by atoms with E-state index < -0.39 is 0 Å². The molecule has 17 heavy (non-hydrogen) atoms. The van der Waals surface area contributed by atoms with Crippen molar-refractivity contribution in [3.05, 3.63) is 18.0 Å². The smallest absolute Gasteiger partial charge is 0.270 e. The van der Waals surface area contributed by atoms with Gasteiger partial charge in [0, 0.05) is 24.5 Å². The van der Waals surface area contributed by atoms with Crippen LogP contribution in [0.15, 0.2) is 12.3 Å². The Bertz CT molecular complexity index is 413. The van der Waals surface area contributed by atoms with Gasteiger partial charge in [-0.2, -0.15) is 0 Å². The molecule has 1 aliphatic rings. The number of anilines is 1. The molecule has 0 spiro atoms. The van der Waals surface area contributed by atoms with E-state index in [1.807, 2.05) is 4.90 Å². The SMILES string of the molecule is CC1CC(C)C(C)N(C(=O)c2cc(N)c[nH]2)C1. The number of aromatic nitrogens is 1. The second-order valence-corrected chi connectivity index (χ2v) is 5.36. The Balaban J connectivity index is 2.18. The first kappa shape index (κ1) is 12.0. The molecular formula is C13H21N3O. The number of carbonyl (C=O) groups excluding carboxylic acids is 1. The van der Waals surface area contributed by atoms with Crippen molar-refractivity contribution < 1.29 is 4.79 Å². The average Bonchev–Trinajstić information content (AvgIpc) is 2.69. The van der Waals surface area contributed by atoms with Gasteiger partial charge in [-0.1, -0.05) is 13.8 Å². The number of nitrogens with one attached hydrogen (secondary N) is 1. The molecule has 1 saturated heterocycles. The average molecular weight is 235 g/mol. The second-order valence-electron chi connectivity index (χ2n) is 5.36. The van der Waals surface area contributed by atoms with Crippen LogP contribution in [0.5, 0.6) is 0 Å². The Morgan fingerprint density at radius 1 is 1.47 bits per heavy atom. The van der Waals surface area contributed by atoms with Crippen molar-refractivity contribution in [2.24, 2.45) is 11.8 Å². The molecule has 0 radical (unpaired) electrons. The fourth-order valence-electron chi connectivity index (χ4n) is 2.67. The maximum absolute atomic E-state index is 12.4. The molecule has 3 N–H and O–H groups in total. The summed E-state index contributed by atoms with van der Waals surface area (Å²) in [6.07, 6.45) is 2.85. The van der Waals surface area contributed by atoms with Gasteiger partial charge in [-0.3, -0.25) is 4.79 Å². The van der Waals surface area contributed by atoms with Crippen LogP contribution in [0.2, 0.25) is 0 Å². The molecule has 1 amide bonds. The number of H-pyrrole nitrogens is 1. The lowest BCUT2D eigenvalue weighted by Gasteiger charge is -2.40. The van der Waals surface area contributed by atoms with E-state index in [0.29, 0.717) is 29.3 Å². The summed E-state index contributed by atoms with van der Waals surface area (Å²) in [6.45, 7) is 7.37. The van der Waals surface area contributed by atoms with E-state index in [9.17, 15) is 4.79 Å². The van der Waals surface area contributed by atoms with Crippen molar-refractivity contribution in [2.75, 3.05) is 12.3 Å². The van der Waals surface area contributed by atoms with Crippen LogP contribution in [-0.2, 0) is 0 Å². The third-order valence-electron chi connectivity index (χ3n) is 3.79. The zero-order chi connectivity index (χ0) is 12.6.